The average Bonchev–Trinajstić information content (AvgIpc) is 2.12. The Morgan fingerprint density at radius 2 is 2.40 bits per heavy atom. The van der Waals surface area contributed by atoms with Gasteiger partial charge in [-0.1, -0.05) is 9.59 Å². The lowest BCUT2D eigenvalue weighted by Crippen LogP contribution is -1.89. The Kier molecular flexibility index (Phi) is 2.00. The Labute approximate surface area is 59.9 Å². The van der Waals surface area contributed by atoms with Gasteiger partial charge in [-0.2, -0.15) is 0 Å². The molecule has 2 N–H and O–H groups in total. The molecular weight excluding hydrogens is 179 g/mol. The van der Waals surface area contributed by atoms with E-state index in [4.69, 9.17) is 9.79 Å². The number of hydrogen-bond acceptors (Lipinski definition) is 5. The highest BCUT2D eigenvalue weighted by Crippen LogP contribution is 2.36. The number of rotatable bonds is 2. The Hall–Kier alpha value is -0.490. The van der Waals surface area contributed by atoms with E-state index in [-0.39, 0.29) is 5.88 Å². The molecule has 0 unspecified atom stereocenters. The fourth-order valence-electron chi connectivity index (χ4n) is 0.318. The topological polar surface area (TPSA) is 92.5 Å². The van der Waals surface area contributed by atoms with Crippen molar-refractivity contribution < 1.29 is 18.9 Å². The Bertz CT molecular complexity index is 242. The van der Waals surface area contributed by atoms with Gasteiger partial charge in [0.2, 0.25) is 0 Å². The second-order valence-corrected chi connectivity index (χ2v) is 3.10. The molecule has 0 saturated heterocycles. The summed E-state index contributed by atoms with van der Waals surface area (Å²) in [6.45, 7) is 0. The van der Waals surface area contributed by atoms with E-state index in [0.717, 1.165) is 11.5 Å². The summed E-state index contributed by atoms with van der Waals surface area (Å²) in [5.74, 6) is -0.154. The van der Waals surface area contributed by atoms with Crippen molar-refractivity contribution in [1.29, 1.82) is 0 Å². The molecule has 10 heavy (non-hydrogen) atoms. The molecule has 0 radical (unpaired) electrons. The Morgan fingerprint density at radius 3 is 2.80 bits per heavy atom. The highest BCUT2D eigenvalue weighted by Gasteiger charge is 2.16. The molecule has 56 valence electrons. The third-order valence-corrected chi connectivity index (χ3v) is 1.46. The van der Waals surface area contributed by atoms with Gasteiger partial charge in [0.15, 0.2) is 0 Å². The minimum atomic E-state index is -4.45. The predicted octanol–water partition coefficient (Wildman–Crippen LogP) is 0.00960. The molecule has 0 saturated carbocycles. The van der Waals surface area contributed by atoms with Gasteiger partial charge in [0, 0.05) is 0 Å². The van der Waals surface area contributed by atoms with Crippen LogP contribution in [0, 0.1) is 0 Å². The van der Waals surface area contributed by atoms with E-state index in [1.165, 1.54) is 5.38 Å². The highest BCUT2D eigenvalue weighted by atomic mass is 32.1. The van der Waals surface area contributed by atoms with Crippen LogP contribution in [0.25, 0.3) is 0 Å². The molecular formula is C2H3N2O4PS. The molecule has 0 aliphatic carbocycles. The van der Waals surface area contributed by atoms with Gasteiger partial charge in [0.05, 0.1) is 5.38 Å². The first-order valence-corrected chi connectivity index (χ1v) is 4.47. The van der Waals surface area contributed by atoms with Crippen molar-refractivity contribution >= 4 is 19.4 Å². The van der Waals surface area contributed by atoms with E-state index < -0.39 is 7.82 Å². The van der Waals surface area contributed by atoms with Gasteiger partial charge in [-0.3, -0.25) is 9.79 Å². The number of aromatic nitrogens is 2. The number of phosphoric ester groups is 1. The van der Waals surface area contributed by atoms with E-state index in [0.29, 0.717) is 0 Å². The molecule has 0 amide bonds. The predicted molar refractivity (Wildman–Crippen MR) is 32.6 cm³/mol. The van der Waals surface area contributed by atoms with Crippen molar-refractivity contribution in [3.05, 3.63) is 5.38 Å². The van der Waals surface area contributed by atoms with Gasteiger partial charge >= 0.3 is 7.82 Å². The molecule has 0 fully saturated rings. The van der Waals surface area contributed by atoms with Crippen LogP contribution in [-0.4, -0.2) is 19.4 Å². The SMILES string of the molecule is O=P(O)(O)Oc1csnn1. The van der Waals surface area contributed by atoms with Gasteiger partial charge < -0.3 is 4.52 Å². The van der Waals surface area contributed by atoms with Crippen LogP contribution in [0.15, 0.2) is 5.38 Å². The van der Waals surface area contributed by atoms with Crippen LogP contribution < -0.4 is 4.52 Å². The van der Waals surface area contributed by atoms with Crippen LogP contribution in [0.1, 0.15) is 0 Å². The lowest BCUT2D eigenvalue weighted by molar-refractivity contribution is 0.279. The smallest absolute Gasteiger partial charge is 0.383 e. The third kappa shape index (κ3) is 2.40. The zero-order valence-electron chi connectivity index (χ0n) is 4.54. The third-order valence-electron chi connectivity index (χ3n) is 0.552. The van der Waals surface area contributed by atoms with Gasteiger partial charge in [0.1, 0.15) is 0 Å². The van der Waals surface area contributed by atoms with E-state index in [1.54, 1.807) is 0 Å². The van der Waals surface area contributed by atoms with Crippen molar-refractivity contribution in [3.63, 3.8) is 0 Å². The summed E-state index contributed by atoms with van der Waals surface area (Å²) in [4.78, 5) is 16.4. The summed E-state index contributed by atoms with van der Waals surface area (Å²) < 4.78 is 17.5. The first-order chi connectivity index (χ1) is 4.58. The van der Waals surface area contributed by atoms with E-state index in [9.17, 15) is 4.57 Å². The molecule has 0 aromatic carbocycles. The Morgan fingerprint density at radius 1 is 1.70 bits per heavy atom. The normalized spacial score (nSPS) is 11.4. The largest absolute Gasteiger partial charge is 0.526 e. The van der Waals surface area contributed by atoms with Crippen LogP contribution >= 0.6 is 19.4 Å². The summed E-state index contributed by atoms with van der Waals surface area (Å²) in [6.07, 6.45) is 0. The van der Waals surface area contributed by atoms with Gasteiger partial charge in [-0.25, -0.2) is 4.57 Å². The van der Waals surface area contributed by atoms with Gasteiger partial charge in [0.25, 0.3) is 5.88 Å². The highest BCUT2D eigenvalue weighted by molar-refractivity contribution is 7.46. The van der Waals surface area contributed by atoms with Crippen LogP contribution in [0.2, 0.25) is 0 Å². The van der Waals surface area contributed by atoms with Crippen molar-refractivity contribution in [2.75, 3.05) is 0 Å². The maximum Gasteiger partial charge on any atom is 0.526 e. The molecule has 1 heterocycles. The molecule has 0 bridgehead atoms. The van der Waals surface area contributed by atoms with Gasteiger partial charge in [-0.05, 0) is 11.5 Å². The number of phosphoric acid groups is 1. The lowest BCUT2D eigenvalue weighted by atomic mass is 10.9. The van der Waals surface area contributed by atoms with Crippen LogP contribution in [-0.2, 0) is 4.57 Å². The first-order valence-electron chi connectivity index (χ1n) is 2.10. The fraction of sp³-hybridized carbons (Fsp3) is 0. The standard InChI is InChI=1S/C2H3N2O4PS/c5-9(6,7)8-2-1-10-4-3-2/h1H,(H2,5,6,7). The minimum absolute atomic E-state index is 0.154. The summed E-state index contributed by atoms with van der Waals surface area (Å²) in [7, 11) is -4.45. The van der Waals surface area contributed by atoms with Crippen LogP contribution in [0.3, 0.4) is 0 Å². The Balaban J connectivity index is 2.66. The summed E-state index contributed by atoms with van der Waals surface area (Å²) in [6, 6.07) is 0. The molecule has 0 aliphatic rings. The van der Waals surface area contributed by atoms with Crippen molar-refractivity contribution in [2.45, 2.75) is 0 Å². The molecule has 6 nitrogen and oxygen atoms in total. The fourth-order valence-corrected chi connectivity index (χ4v) is 1.08. The number of nitrogens with zero attached hydrogens (tertiary/aromatic N) is 2. The molecule has 8 heteroatoms. The maximum absolute atomic E-state index is 10.1. The molecule has 1 rings (SSSR count). The minimum Gasteiger partial charge on any atom is -0.383 e. The van der Waals surface area contributed by atoms with E-state index in [2.05, 4.69) is 14.1 Å². The number of hydrogen-bond donors (Lipinski definition) is 2. The zero-order valence-corrected chi connectivity index (χ0v) is 6.25. The van der Waals surface area contributed by atoms with Crippen molar-refractivity contribution in [3.8, 4) is 5.88 Å². The van der Waals surface area contributed by atoms with E-state index >= 15 is 0 Å². The monoisotopic (exact) mass is 182 g/mol. The second-order valence-electron chi connectivity index (χ2n) is 1.33. The first kappa shape index (κ1) is 7.62. The summed E-state index contributed by atoms with van der Waals surface area (Å²) >= 11 is 0.951. The molecule has 0 aliphatic heterocycles. The molecule has 1 aromatic heterocycles. The van der Waals surface area contributed by atoms with E-state index in [1.807, 2.05) is 0 Å². The quantitative estimate of drug-likeness (QED) is 0.626. The molecule has 0 spiro atoms. The van der Waals surface area contributed by atoms with Crippen LogP contribution in [0.5, 0.6) is 5.88 Å². The second kappa shape index (κ2) is 2.63. The summed E-state index contributed by atoms with van der Waals surface area (Å²) in [5.41, 5.74) is 0. The van der Waals surface area contributed by atoms with Crippen molar-refractivity contribution in [1.82, 2.24) is 9.59 Å². The lowest BCUT2D eigenvalue weighted by Gasteiger charge is -1.99. The van der Waals surface area contributed by atoms with Gasteiger partial charge in [-0.15, -0.1) is 0 Å². The average molecular weight is 182 g/mol. The summed E-state index contributed by atoms with van der Waals surface area (Å²) in [5, 5.41) is 4.55. The molecule has 1 aromatic rings. The maximum atomic E-state index is 10.1. The zero-order chi connectivity index (χ0) is 7.61. The molecule has 0 atom stereocenters. The van der Waals surface area contributed by atoms with Crippen LogP contribution in [0.4, 0.5) is 0 Å². The van der Waals surface area contributed by atoms with Crippen molar-refractivity contribution in [2.24, 2.45) is 0 Å².